The van der Waals surface area contributed by atoms with Crippen LogP contribution in [0.2, 0.25) is 0 Å². The number of fused-ring (bicyclic) bond motifs is 7. The summed E-state index contributed by atoms with van der Waals surface area (Å²) in [6.07, 6.45) is 9.08. The molecular formula is C56H70N4O8S2. The van der Waals surface area contributed by atoms with Gasteiger partial charge in [0.15, 0.2) is 29.0 Å². The number of nitrogens with one attached hydrogen (secondary N) is 2. The number of rotatable bonds is 4. The van der Waals surface area contributed by atoms with Crippen molar-refractivity contribution in [2.45, 2.75) is 147 Å². The summed E-state index contributed by atoms with van der Waals surface area (Å²) in [7, 11) is 5.04. The highest BCUT2D eigenvalue weighted by molar-refractivity contribution is 8.76. The number of phenols is 2. The van der Waals surface area contributed by atoms with Gasteiger partial charge in [0.2, 0.25) is 6.29 Å². The SMILES string of the molecule is COc1c(O)ccc2c1C#CCc1cc(c3c4c1OCN[C@]1(CC#C[C@H]5NC(N)=N[C@H](C(C)C)CSSC[C@@H]5[C@H](C3)[C@H](O)O4)C[C@@H](Cc3cccc(O)c3)CC3(CCCC3)C1)CC[C@@H](O)CC(=O)CC2. The lowest BCUT2D eigenvalue weighted by Crippen LogP contribution is -2.55. The maximum Gasteiger partial charge on any atom is 0.201 e. The second-order valence-electron chi connectivity index (χ2n) is 21.2. The number of carbonyl (C=O) groups excluding carboxylic acids is 1. The molecule has 0 amide bonds. The molecule has 2 spiro atoms. The fraction of sp³-hybridized carbons (Fsp3) is 0.571. The molecule has 14 heteroatoms. The molecule has 2 saturated carbocycles. The molecule has 0 unspecified atom stereocenters. The van der Waals surface area contributed by atoms with Gasteiger partial charge in [-0.3, -0.25) is 10.1 Å². The average molecular weight is 991 g/mol. The number of hydrogen-bond donors (Lipinski definition) is 7. The molecule has 374 valence electrons. The van der Waals surface area contributed by atoms with E-state index in [-0.39, 0.29) is 66.4 Å². The number of nitrogens with zero attached hydrogens (tertiary/aromatic N) is 1. The summed E-state index contributed by atoms with van der Waals surface area (Å²) in [5.41, 5.74) is 11.5. The predicted octanol–water partition coefficient (Wildman–Crippen LogP) is 7.75. The van der Waals surface area contributed by atoms with E-state index in [0.717, 1.165) is 72.1 Å². The van der Waals surface area contributed by atoms with E-state index in [0.29, 0.717) is 72.7 Å². The van der Waals surface area contributed by atoms with Crippen molar-refractivity contribution >= 4 is 33.3 Å². The molecule has 2 fully saturated rings. The monoisotopic (exact) mass is 990 g/mol. The number of methoxy groups -OCH3 is 1. The Morgan fingerprint density at radius 2 is 1.79 bits per heavy atom. The van der Waals surface area contributed by atoms with Crippen molar-refractivity contribution in [1.29, 1.82) is 0 Å². The number of aromatic hydroxyl groups is 2. The number of benzene rings is 3. The zero-order chi connectivity index (χ0) is 49.0. The van der Waals surface area contributed by atoms with Crippen LogP contribution in [0.1, 0.15) is 118 Å². The molecule has 4 aliphatic heterocycles. The van der Waals surface area contributed by atoms with E-state index in [1.165, 1.54) is 20.0 Å². The van der Waals surface area contributed by atoms with E-state index in [1.807, 2.05) is 12.1 Å². The Labute approximate surface area is 421 Å². The maximum atomic E-state index is 13.3. The van der Waals surface area contributed by atoms with Crippen LogP contribution in [0.25, 0.3) is 0 Å². The second kappa shape index (κ2) is 22.0. The summed E-state index contributed by atoms with van der Waals surface area (Å²) in [5.74, 6) is 17.3. The Kier molecular flexibility index (Phi) is 15.8. The number of hydrogen-bond acceptors (Lipinski definition) is 14. The predicted molar refractivity (Wildman–Crippen MR) is 277 cm³/mol. The molecule has 4 heterocycles. The number of aliphatic imine (C=N–C) groups is 1. The molecule has 70 heavy (non-hydrogen) atoms. The molecule has 3 aliphatic carbocycles. The molecule has 0 radical (unpaired) electrons. The highest BCUT2D eigenvalue weighted by Crippen LogP contribution is 2.55. The molecule has 0 saturated heterocycles. The first-order chi connectivity index (χ1) is 33.8. The van der Waals surface area contributed by atoms with Crippen LogP contribution in [0.15, 0.2) is 47.5 Å². The van der Waals surface area contributed by atoms with Crippen molar-refractivity contribution in [3.05, 3.63) is 75.8 Å². The Morgan fingerprint density at radius 3 is 2.59 bits per heavy atom. The topological polar surface area (TPSA) is 188 Å². The first-order valence-electron chi connectivity index (χ1n) is 25.4. The van der Waals surface area contributed by atoms with Crippen LogP contribution in [0, 0.1) is 52.8 Å². The Bertz CT molecular complexity index is 2560. The van der Waals surface area contributed by atoms with E-state index < -0.39 is 29.9 Å². The van der Waals surface area contributed by atoms with Crippen LogP contribution >= 0.6 is 21.6 Å². The zero-order valence-corrected chi connectivity index (χ0v) is 42.5. The lowest BCUT2D eigenvalue weighted by atomic mass is 9.59. The standard InChI is InChI=1S/C56H70N4O8S2/c1-34(2)48-31-70-69-30-46-45-27-44-38-15-18-42(63)26-41(62)17-14-37-16-19-49(64)51(66-3)43(37)12-7-10-39(25-38)50(52(44)68-53(45)65)67-33-58-56(22-8-13-47(46)59-54(57)60-48)29-36(23-35-9-6-11-40(61)24-35)28-55(32-56)20-4-5-21-55/h6,9,11,16,19,24-25,34,36,42,45-48,53,58,61,63-65H,4-5,10,14-15,17-18,20-23,26-33H2,1-3H3,(H3,57,59,60)/t36-,42+,45-,46+,47+,48-,53+,56+/m0/s1. The number of aliphatic hydroxyl groups is 2. The van der Waals surface area contributed by atoms with Gasteiger partial charge in [0.1, 0.15) is 18.3 Å². The molecule has 3 aromatic carbocycles. The normalized spacial score (nSPS) is 29.1. The largest absolute Gasteiger partial charge is 0.508 e. The Hall–Kier alpha value is -4.70. The van der Waals surface area contributed by atoms with Crippen LogP contribution in [-0.2, 0) is 36.9 Å². The Balaban J connectivity index is 1.18. The third-order valence-corrected chi connectivity index (χ3v) is 18.3. The van der Waals surface area contributed by atoms with Crippen molar-refractivity contribution in [3.63, 3.8) is 0 Å². The van der Waals surface area contributed by atoms with Gasteiger partial charge in [0.05, 0.1) is 30.9 Å². The molecule has 12 nitrogen and oxygen atoms in total. The minimum absolute atomic E-state index is 0.0112. The smallest absolute Gasteiger partial charge is 0.201 e. The van der Waals surface area contributed by atoms with Gasteiger partial charge >= 0.3 is 0 Å². The van der Waals surface area contributed by atoms with Crippen molar-refractivity contribution in [3.8, 4) is 52.4 Å². The number of carbonyl (C=O) groups is 1. The van der Waals surface area contributed by atoms with Crippen LogP contribution < -0.4 is 30.6 Å². The number of ketones is 1. The molecular weight excluding hydrogens is 921 g/mol. The van der Waals surface area contributed by atoms with Gasteiger partial charge in [-0.25, -0.2) is 4.99 Å². The summed E-state index contributed by atoms with van der Waals surface area (Å²) < 4.78 is 19.5. The third-order valence-electron chi connectivity index (χ3n) is 15.9. The second-order valence-corrected chi connectivity index (χ2v) is 23.8. The number of ether oxygens (including phenoxy) is 3. The van der Waals surface area contributed by atoms with E-state index in [9.17, 15) is 25.2 Å². The van der Waals surface area contributed by atoms with Gasteiger partial charge in [0.25, 0.3) is 0 Å². The van der Waals surface area contributed by atoms with Gasteiger partial charge in [-0.15, -0.1) is 0 Å². The maximum absolute atomic E-state index is 13.3. The van der Waals surface area contributed by atoms with E-state index >= 15 is 0 Å². The molecule has 0 aromatic heterocycles. The van der Waals surface area contributed by atoms with Gasteiger partial charge in [0, 0.05) is 65.7 Å². The molecule has 8 atom stereocenters. The van der Waals surface area contributed by atoms with Crippen molar-refractivity contribution < 1.29 is 39.4 Å². The fourth-order valence-corrected chi connectivity index (χ4v) is 15.3. The lowest BCUT2D eigenvalue weighted by molar-refractivity contribution is -0.121. The van der Waals surface area contributed by atoms with Crippen LogP contribution in [0.4, 0.5) is 0 Å². The highest BCUT2D eigenvalue weighted by atomic mass is 33.1. The first-order valence-corrected chi connectivity index (χ1v) is 27.9. The van der Waals surface area contributed by atoms with Gasteiger partial charge in [-0.2, -0.15) is 0 Å². The van der Waals surface area contributed by atoms with Gasteiger partial charge < -0.3 is 45.7 Å². The van der Waals surface area contributed by atoms with Crippen LogP contribution in [0.3, 0.4) is 0 Å². The number of nitrogens with two attached hydrogens (primary N) is 1. The molecule has 6 bridgehead atoms. The summed E-state index contributed by atoms with van der Waals surface area (Å²) in [6, 6.07) is 12.7. The summed E-state index contributed by atoms with van der Waals surface area (Å²) >= 11 is 0. The number of phenolic OH excluding ortho intramolecular Hbond substituents is 2. The third kappa shape index (κ3) is 11.5. The zero-order valence-electron chi connectivity index (χ0n) is 40.9. The Morgan fingerprint density at radius 1 is 0.957 bits per heavy atom. The lowest BCUT2D eigenvalue weighted by Gasteiger charge is -2.50. The van der Waals surface area contributed by atoms with Crippen LogP contribution in [0.5, 0.6) is 28.7 Å². The average Bonchev–Trinajstić information content (AvgIpc) is 3.76. The minimum atomic E-state index is -1.22. The fourth-order valence-electron chi connectivity index (χ4n) is 12.4. The molecule has 3 aromatic rings. The highest BCUT2D eigenvalue weighted by Gasteiger charge is 2.49. The van der Waals surface area contributed by atoms with Gasteiger partial charge in [-0.1, -0.05) is 96.2 Å². The van der Waals surface area contributed by atoms with Crippen molar-refractivity contribution in [1.82, 2.24) is 10.6 Å². The quantitative estimate of drug-likeness (QED) is 0.0995. The summed E-state index contributed by atoms with van der Waals surface area (Å²) in [4.78, 5) is 18.3. The molecule has 8 N–H and O–H groups in total. The molecule has 10 rings (SSSR count). The number of guanidine groups is 1. The minimum Gasteiger partial charge on any atom is -0.508 e. The first kappa shape index (κ1) is 50.2. The van der Waals surface area contributed by atoms with Gasteiger partial charge in [-0.05, 0) is 116 Å². The van der Waals surface area contributed by atoms with E-state index in [1.54, 1.807) is 39.8 Å². The number of aryl methyl sites for hydroxylation is 2. The molecule has 7 aliphatic rings. The van der Waals surface area contributed by atoms with Crippen molar-refractivity contribution in [2.75, 3.05) is 25.3 Å². The van der Waals surface area contributed by atoms with E-state index in [2.05, 4.69) is 60.3 Å². The summed E-state index contributed by atoms with van der Waals surface area (Å²) in [6.45, 7) is 4.48. The summed E-state index contributed by atoms with van der Waals surface area (Å²) in [5, 5.41) is 52.6. The van der Waals surface area contributed by atoms with Crippen molar-refractivity contribution in [2.24, 2.45) is 39.8 Å². The number of Topliss-reactive ketones (excluding diaryl/α,β-unsaturated/α-hetero) is 1. The van der Waals surface area contributed by atoms with Crippen LogP contribution in [-0.4, -0.2) is 87.5 Å². The van der Waals surface area contributed by atoms with E-state index in [4.69, 9.17) is 24.9 Å². The number of aliphatic hydroxyl groups excluding tert-OH is 2.